The maximum Gasteiger partial charge on any atom is 0.338 e. The fourth-order valence-corrected chi connectivity index (χ4v) is 3.88. The van der Waals surface area contributed by atoms with Crippen LogP contribution < -0.4 is 0 Å². The van der Waals surface area contributed by atoms with Gasteiger partial charge in [0, 0.05) is 0 Å². The number of carbonyl (C=O) groups excluding carboxylic acids is 1. The van der Waals surface area contributed by atoms with Crippen LogP contribution in [0, 0.1) is 0 Å². The summed E-state index contributed by atoms with van der Waals surface area (Å²) in [6.45, 7) is 0.936. The number of aliphatic hydroxyl groups is 5. The monoisotopic (exact) mass is 482 g/mol. The predicted octanol–water partition coefficient (Wildman–Crippen LogP) is 3.52. The summed E-state index contributed by atoms with van der Waals surface area (Å²) in [5.74, 6) is -0.652. The molecule has 0 heterocycles. The maximum absolute atomic E-state index is 12.1. The van der Waals surface area contributed by atoms with Gasteiger partial charge in [0.05, 0.1) is 12.2 Å². The molecule has 1 aromatic rings. The minimum Gasteiger partial charge on any atom is -0.459 e. The average Bonchev–Trinajstić information content (AvgIpc) is 2.86. The third kappa shape index (κ3) is 12.8. The lowest BCUT2D eigenvalue weighted by molar-refractivity contribution is -0.124. The molecule has 0 aliphatic heterocycles. The van der Waals surface area contributed by atoms with Crippen LogP contribution in [-0.2, 0) is 11.2 Å². The SMILES string of the molecule is CCCCCCCCCCCCCCc1ccc(C(=O)OC[C@@H](O)[C@@H](O)[C@H](O)[C@@H](O)CO)cc1. The van der Waals surface area contributed by atoms with Crippen molar-refractivity contribution in [2.24, 2.45) is 0 Å². The second kappa shape index (κ2) is 18.8. The Morgan fingerprint density at radius 1 is 0.735 bits per heavy atom. The molecular formula is C27H46O7. The Hall–Kier alpha value is -1.51. The number of aryl methyl sites for hydroxylation is 1. The highest BCUT2D eigenvalue weighted by Gasteiger charge is 2.30. The van der Waals surface area contributed by atoms with E-state index in [9.17, 15) is 25.2 Å². The lowest BCUT2D eigenvalue weighted by atomic mass is 10.0. The van der Waals surface area contributed by atoms with Crippen LogP contribution in [0.2, 0.25) is 0 Å². The molecule has 0 aliphatic rings. The van der Waals surface area contributed by atoms with Gasteiger partial charge in [-0.15, -0.1) is 0 Å². The number of hydrogen-bond acceptors (Lipinski definition) is 7. The van der Waals surface area contributed by atoms with Crippen molar-refractivity contribution in [3.63, 3.8) is 0 Å². The molecule has 7 heteroatoms. The standard InChI is InChI=1S/C27H46O7/c1-2-3-4-5-6-7-8-9-10-11-12-13-14-21-15-17-22(18-16-21)27(33)34-20-24(30)26(32)25(31)23(29)19-28/h15-18,23-26,28-32H,2-14,19-20H2,1H3/t23-,24+,25+,26+/m0/s1. The van der Waals surface area contributed by atoms with Crippen molar-refractivity contribution in [3.8, 4) is 0 Å². The summed E-state index contributed by atoms with van der Waals surface area (Å²) in [6.07, 6.45) is 10.0. The highest BCUT2D eigenvalue weighted by Crippen LogP contribution is 2.14. The van der Waals surface area contributed by atoms with E-state index in [0.717, 1.165) is 18.4 Å². The molecule has 5 N–H and O–H groups in total. The van der Waals surface area contributed by atoms with Gasteiger partial charge >= 0.3 is 5.97 Å². The number of benzene rings is 1. The van der Waals surface area contributed by atoms with Gasteiger partial charge in [0.15, 0.2) is 0 Å². The van der Waals surface area contributed by atoms with E-state index in [1.165, 1.54) is 70.6 Å². The normalized spacial score (nSPS) is 15.0. The second-order valence-corrected chi connectivity index (χ2v) is 9.23. The van der Waals surface area contributed by atoms with Gasteiger partial charge in [0.2, 0.25) is 0 Å². The summed E-state index contributed by atoms with van der Waals surface area (Å²) in [4.78, 5) is 12.1. The Balaban J connectivity index is 2.17. The predicted molar refractivity (Wildman–Crippen MR) is 133 cm³/mol. The molecule has 0 bridgehead atoms. The van der Waals surface area contributed by atoms with Crippen LogP contribution in [0.3, 0.4) is 0 Å². The van der Waals surface area contributed by atoms with Crippen LogP contribution in [-0.4, -0.2) is 69.1 Å². The summed E-state index contributed by atoms with van der Waals surface area (Å²) in [5, 5.41) is 47.3. The molecule has 0 aromatic heterocycles. The summed E-state index contributed by atoms with van der Waals surface area (Å²) in [5.41, 5.74) is 1.48. The molecule has 34 heavy (non-hydrogen) atoms. The molecule has 0 amide bonds. The third-order valence-corrected chi connectivity index (χ3v) is 6.22. The zero-order valence-corrected chi connectivity index (χ0v) is 20.8. The Labute approximate surface area is 204 Å². The first-order valence-electron chi connectivity index (χ1n) is 13.0. The lowest BCUT2D eigenvalue weighted by Crippen LogP contribution is -2.47. The molecular weight excluding hydrogens is 436 g/mol. The van der Waals surface area contributed by atoms with Gasteiger partial charge in [-0.25, -0.2) is 4.79 Å². The van der Waals surface area contributed by atoms with Gasteiger partial charge in [-0.05, 0) is 30.5 Å². The number of esters is 1. The molecule has 1 rings (SSSR count). The van der Waals surface area contributed by atoms with Crippen LogP contribution in [0.25, 0.3) is 0 Å². The molecule has 0 radical (unpaired) electrons. The van der Waals surface area contributed by atoms with Crippen molar-refractivity contribution in [1.82, 2.24) is 0 Å². The van der Waals surface area contributed by atoms with E-state index < -0.39 is 43.6 Å². The molecule has 1 aromatic carbocycles. The second-order valence-electron chi connectivity index (χ2n) is 9.23. The number of rotatable bonds is 20. The molecule has 196 valence electrons. The minimum atomic E-state index is -1.76. The summed E-state index contributed by atoms with van der Waals surface area (Å²) >= 11 is 0. The Morgan fingerprint density at radius 3 is 1.71 bits per heavy atom. The van der Waals surface area contributed by atoms with Gasteiger partial charge < -0.3 is 30.3 Å². The van der Waals surface area contributed by atoms with E-state index in [0.29, 0.717) is 5.56 Å². The molecule has 0 fully saturated rings. The van der Waals surface area contributed by atoms with Gasteiger partial charge in [-0.3, -0.25) is 0 Å². The quantitative estimate of drug-likeness (QED) is 0.142. The van der Waals surface area contributed by atoms with E-state index in [1.807, 2.05) is 12.1 Å². The van der Waals surface area contributed by atoms with Crippen LogP contribution in [0.1, 0.15) is 99.9 Å². The smallest absolute Gasteiger partial charge is 0.338 e. The number of hydrogen-bond donors (Lipinski definition) is 5. The van der Waals surface area contributed by atoms with E-state index in [2.05, 4.69) is 6.92 Å². The maximum atomic E-state index is 12.1. The van der Waals surface area contributed by atoms with E-state index in [4.69, 9.17) is 9.84 Å². The molecule has 7 nitrogen and oxygen atoms in total. The highest BCUT2D eigenvalue weighted by atomic mass is 16.5. The van der Waals surface area contributed by atoms with Crippen molar-refractivity contribution in [3.05, 3.63) is 35.4 Å². The lowest BCUT2D eigenvalue weighted by Gasteiger charge is -2.25. The van der Waals surface area contributed by atoms with Gasteiger partial charge in [-0.2, -0.15) is 0 Å². The van der Waals surface area contributed by atoms with E-state index in [1.54, 1.807) is 12.1 Å². The number of ether oxygens (including phenoxy) is 1. The largest absolute Gasteiger partial charge is 0.459 e. The first kappa shape index (κ1) is 30.5. The molecule has 0 saturated heterocycles. The zero-order valence-electron chi connectivity index (χ0n) is 20.8. The van der Waals surface area contributed by atoms with Gasteiger partial charge in [-0.1, -0.05) is 89.7 Å². The Morgan fingerprint density at radius 2 is 1.21 bits per heavy atom. The third-order valence-electron chi connectivity index (χ3n) is 6.22. The van der Waals surface area contributed by atoms with Crippen molar-refractivity contribution in [2.75, 3.05) is 13.2 Å². The van der Waals surface area contributed by atoms with Crippen molar-refractivity contribution < 1.29 is 35.1 Å². The fraction of sp³-hybridized carbons (Fsp3) is 0.741. The van der Waals surface area contributed by atoms with Crippen LogP contribution >= 0.6 is 0 Å². The number of aliphatic hydroxyl groups excluding tert-OH is 5. The summed E-state index contributed by atoms with van der Waals surface area (Å²) in [6, 6.07) is 7.13. The van der Waals surface area contributed by atoms with Gasteiger partial charge in [0.25, 0.3) is 0 Å². The van der Waals surface area contributed by atoms with E-state index >= 15 is 0 Å². The van der Waals surface area contributed by atoms with Crippen molar-refractivity contribution >= 4 is 5.97 Å². The van der Waals surface area contributed by atoms with Crippen molar-refractivity contribution in [2.45, 2.75) is 115 Å². The molecule has 0 spiro atoms. The highest BCUT2D eigenvalue weighted by molar-refractivity contribution is 5.89. The van der Waals surface area contributed by atoms with Crippen LogP contribution in [0.5, 0.6) is 0 Å². The molecule has 0 aliphatic carbocycles. The number of unbranched alkanes of at least 4 members (excludes halogenated alkanes) is 11. The Kier molecular flexibility index (Phi) is 16.9. The first-order valence-corrected chi connectivity index (χ1v) is 13.0. The summed E-state index contributed by atoms with van der Waals surface area (Å²) < 4.78 is 4.99. The van der Waals surface area contributed by atoms with Crippen LogP contribution in [0.15, 0.2) is 24.3 Å². The van der Waals surface area contributed by atoms with Crippen molar-refractivity contribution in [1.29, 1.82) is 0 Å². The molecule has 4 atom stereocenters. The molecule has 0 saturated carbocycles. The van der Waals surface area contributed by atoms with E-state index in [-0.39, 0.29) is 0 Å². The average molecular weight is 483 g/mol. The zero-order chi connectivity index (χ0) is 25.2. The topological polar surface area (TPSA) is 127 Å². The van der Waals surface area contributed by atoms with Gasteiger partial charge in [0.1, 0.15) is 31.0 Å². The Bertz CT molecular complexity index is 634. The number of carbonyl (C=O) groups is 1. The molecule has 0 unspecified atom stereocenters. The first-order chi connectivity index (χ1) is 16.4. The minimum absolute atomic E-state index is 0.330. The van der Waals surface area contributed by atoms with Crippen LogP contribution in [0.4, 0.5) is 0 Å². The summed E-state index contributed by atoms with van der Waals surface area (Å²) in [7, 11) is 0. The fourth-order valence-electron chi connectivity index (χ4n) is 3.88.